The number of hydrogen-bond donors (Lipinski definition) is 0. The average Bonchev–Trinajstić information content (AvgIpc) is 3.23. The fourth-order valence-electron chi connectivity index (χ4n) is 5.00. The molecule has 3 saturated heterocycles. The van der Waals surface area contributed by atoms with Gasteiger partial charge in [-0.05, 0) is 45.5 Å². The molecular weight excluding hydrogens is 316 g/mol. The van der Waals surface area contributed by atoms with Crippen molar-refractivity contribution in [3.8, 4) is 5.75 Å². The molecule has 4 atom stereocenters. The summed E-state index contributed by atoms with van der Waals surface area (Å²) < 4.78 is 12.2. The second-order valence-electron chi connectivity index (χ2n) is 8.12. The normalized spacial score (nSPS) is 33.1. The molecule has 3 aliphatic rings. The third-order valence-corrected chi connectivity index (χ3v) is 6.16. The molecule has 4 rings (SSSR count). The van der Waals surface area contributed by atoms with Gasteiger partial charge in [0.25, 0.3) is 5.91 Å². The van der Waals surface area contributed by atoms with Crippen LogP contribution in [0.2, 0.25) is 0 Å². The number of likely N-dealkylation sites (tertiary alicyclic amines) is 1. The monoisotopic (exact) mass is 344 g/mol. The van der Waals surface area contributed by atoms with Crippen molar-refractivity contribution in [2.75, 3.05) is 40.3 Å². The number of ether oxygens (including phenoxy) is 2. The molecule has 5 nitrogen and oxygen atoms in total. The molecule has 25 heavy (non-hydrogen) atoms. The topological polar surface area (TPSA) is 42.0 Å². The quantitative estimate of drug-likeness (QED) is 0.819. The van der Waals surface area contributed by atoms with Crippen LogP contribution in [0.4, 0.5) is 0 Å². The molecule has 1 spiro atoms. The number of carbonyl (C=O) groups excluding carboxylic acids is 1. The summed E-state index contributed by atoms with van der Waals surface area (Å²) in [5.74, 6) is 1.87. The van der Waals surface area contributed by atoms with Crippen molar-refractivity contribution in [3.05, 3.63) is 29.8 Å². The summed E-state index contributed by atoms with van der Waals surface area (Å²) >= 11 is 0. The Morgan fingerprint density at radius 3 is 2.96 bits per heavy atom. The van der Waals surface area contributed by atoms with Crippen LogP contribution in [0.15, 0.2) is 24.3 Å². The number of nitrogens with zero attached hydrogens (tertiary/aromatic N) is 2. The summed E-state index contributed by atoms with van der Waals surface area (Å²) in [5.41, 5.74) is 0.962. The molecule has 0 saturated carbocycles. The minimum Gasteiger partial charge on any atom is -0.484 e. The number of benzene rings is 1. The minimum atomic E-state index is -0.0936. The van der Waals surface area contributed by atoms with Crippen LogP contribution in [0.5, 0.6) is 5.75 Å². The van der Waals surface area contributed by atoms with Gasteiger partial charge < -0.3 is 19.3 Å². The summed E-state index contributed by atoms with van der Waals surface area (Å²) in [6.07, 6.45) is 2.61. The zero-order valence-corrected chi connectivity index (χ0v) is 15.4. The second kappa shape index (κ2) is 6.29. The molecule has 0 unspecified atom stereocenters. The number of amides is 1. The smallest absolute Gasteiger partial charge is 0.260 e. The van der Waals surface area contributed by atoms with Gasteiger partial charge in [0.2, 0.25) is 0 Å². The van der Waals surface area contributed by atoms with Gasteiger partial charge in [-0.2, -0.15) is 0 Å². The summed E-state index contributed by atoms with van der Waals surface area (Å²) in [5, 5.41) is 0. The van der Waals surface area contributed by atoms with Crippen molar-refractivity contribution >= 4 is 5.91 Å². The molecule has 0 radical (unpaired) electrons. The lowest BCUT2D eigenvalue weighted by Crippen LogP contribution is -2.40. The van der Waals surface area contributed by atoms with Crippen molar-refractivity contribution in [1.29, 1.82) is 0 Å². The Labute approximate surface area is 149 Å². The van der Waals surface area contributed by atoms with Gasteiger partial charge in [-0.3, -0.25) is 4.79 Å². The Morgan fingerprint density at radius 1 is 1.40 bits per heavy atom. The SMILES string of the molecule is Cc1ccccc1OCC(=O)N1C[C@@H]2[C@H](CN(C)C)[C@H]3CC[C@]2(C1)O3. The van der Waals surface area contributed by atoms with Gasteiger partial charge in [0, 0.05) is 24.9 Å². The molecule has 3 aliphatic heterocycles. The number of para-hydroxylation sites is 1. The molecule has 1 aromatic rings. The fraction of sp³-hybridized carbons (Fsp3) is 0.650. The Hall–Kier alpha value is -1.59. The molecule has 5 heteroatoms. The van der Waals surface area contributed by atoms with Crippen LogP contribution in [0, 0.1) is 18.8 Å². The number of aryl methyl sites for hydroxylation is 1. The molecule has 1 amide bonds. The van der Waals surface area contributed by atoms with E-state index in [1.807, 2.05) is 36.1 Å². The van der Waals surface area contributed by atoms with Gasteiger partial charge in [0.15, 0.2) is 6.61 Å². The first-order chi connectivity index (χ1) is 12.0. The minimum absolute atomic E-state index is 0.0719. The molecular formula is C20H28N2O3. The van der Waals surface area contributed by atoms with Gasteiger partial charge in [-0.15, -0.1) is 0 Å². The van der Waals surface area contributed by atoms with E-state index in [1.54, 1.807) is 0 Å². The van der Waals surface area contributed by atoms with Crippen molar-refractivity contribution in [2.45, 2.75) is 31.5 Å². The zero-order chi connectivity index (χ0) is 17.6. The van der Waals surface area contributed by atoms with Crippen LogP contribution in [0.1, 0.15) is 18.4 Å². The maximum absolute atomic E-state index is 12.7. The van der Waals surface area contributed by atoms with Gasteiger partial charge in [-0.25, -0.2) is 0 Å². The highest BCUT2D eigenvalue weighted by molar-refractivity contribution is 5.78. The second-order valence-corrected chi connectivity index (χ2v) is 8.12. The summed E-state index contributed by atoms with van der Waals surface area (Å²) in [4.78, 5) is 16.9. The lowest BCUT2D eigenvalue weighted by atomic mass is 9.73. The fourth-order valence-corrected chi connectivity index (χ4v) is 5.00. The van der Waals surface area contributed by atoms with E-state index in [4.69, 9.17) is 9.47 Å². The number of carbonyl (C=O) groups is 1. The summed E-state index contributed by atoms with van der Waals surface area (Å²) in [7, 11) is 4.24. The molecule has 136 valence electrons. The molecule has 3 fully saturated rings. The Balaban J connectivity index is 1.40. The van der Waals surface area contributed by atoms with E-state index in [0.717, 1.165) is 43.8 Å². The molecule has 1 aromatic carbocycles. The molecule has 0 aliphatic carbocycles. The highest BCUT2D eigenvalue weighted by Crippen LogP contribution is 2.54. The summed E-state index contributed by atoms with van der Waals surface area (Å²) in [6, 6.07) is 7.82. The zero-order valence-electron chi connectivity index (χ0n) is 15.4. The van der Waals surface area contributed by atoms with E-state index in [0.29, 0.717) is 17.9 Å². The average molecular weight is 344 g/mol. The van der Waals surface area contributed by atoms with Crippen molar-refractivity contribution < 1.29 is 14.3 Å². The van der Waals surface area contributed by atoms with E-state index in [2.05, 4.69) is 19.0 Å². The Morgan fingerprint density at radius 2 is 2.20 bits per heavy atom. The van der Waals surface area contributed by atoms with E-state index < -0.39 is 0 Å². The third-order valence-electron chi connectivity index (χ3n) is 6.16. The highest BCUT2D eigenvalue weighted by atomic mass is 16.5. The lowest BCUT2D eigenvalue weighted by Gasteiger charge is -2.30. The number of hydrogen-bond acceptors (Lipinski definition) is 4. The maximum atomic E-state index is 12.7. The molecule has 0 N–H and O–H groups in total. The molecule has 2 bridgehead atoms. The number of rotatable bonds is 5. The van der Waals surface area contributed by atoms with Crippen LogP contribution in [0.25, 0.3) is 0 Å². The lowest BCUT2D eigenvalue weighted by molar-refractivity contribution is -0.133. The van der Waals surface area contributed by atoms with E-state index >= 15 is 0 Å². The first-order valence-corrected chi connectivity index (χ1v) is 9.27. The molecule has 0 aromatic heterocycles. The largest absolute Gasteiger partial charge is 0.484 e. The van der Waals surface area contributed by atoms with Crippen LogP contribution in [-0.2, 0) is 9.53 Å². The van der Waals surface area contributed by atoms with E-state index in [1.165, 1.54) is 0 Å². The van der Waals surface area contributed by atoms with E-state index in [9.17, 15) is 4.79 Å². The first-order valence-electron chi connectivity index (χ1n) is 9.27. The van der Waals surface area contributed by atoms with Gasteiger partial charge >= 0.3 is 0 Å². The van der Waals surface area contributed by atoms with Crippen molar-refractivity contribution in [2.24, 2.45) is 11.8 Å². The maximum Gasteiger partial charge on any atom is 0.260 e. The van der Waals surface area contributed by atoms with Crippen LogP contribution < -0.4 is 4.74 Å². The number of fused-ring (bicyclic) bond motifs is 1. The predicted molar refractivity (Wildman–Crippen MR) is 95.6 cm³/mol. The van der Waals surface area contributed by atoms with Crippen molar-refractivity contribution in [3.63, 3.8) is 0 Å². The highest BCUT2D eigenvalue weighted by Gasteiger charge is 2.63. The molecule has 3 heterocycles. The van der Waals surface area contributed by atoms with Gasteiger partial charge in [0.05, 0.1) is 18.2 Å². The van der Waals surface area contributed by atoms with Crippen LogP contribution in [-0.4, -0.2) is 67.7 Å². The van der Waals surface area contributed by atoms with Crippen LogP contribution in [0.3, 0.4) is 0 Å². The Kier molecular flexibility index (Phi) is 4.24. The van der Waals surface area contributed by atoms with Gasteiger partial charge in [-0.1, -0.05) is 18.2 Å². The van der Waals surface area contributed by atoms with E-state index in [-0.39, 0.29) is 18.1 Å². The Bertz CT molecular complexity index is 662. The third kappa shape index (κ3) is 2.93. The van der Waals surface area contributed by atoms with Gasteiger partial charge in [0.1, 0.15) is 5.75 Å². The van der Waals surface area contributed by atoms with Crippen LogP contribution >= 0.6 is 0 Å². The first kappa shape index (κ1) is 16.9. The summed E-state index contributed by atoms with van der Waals surface area (Å²) in [6.45, 7) is 4.69. The standard InChI is InChI=1S/C20H28N2O3/c1-14-6-4-5-7-17(14)24-12-19(23)22-11-16-15(10-21(2)3)18-8-9-20(16,13-22)25-18/h4-7,15-16,18H,8-13H2,1-3H3/t15-,16+,18+,20+/m0/s1. The van der Waals surface area contributed by atoms with Crippen molar-refractivity contribution in [1.82, 2.24) is 9.80 Å². The predicted octanol–water partition coefficient (Wildman–Crippen LogP) is 1.94.